The molecule has 4 rings (SSSR count). The third-order valence-corrected chi connectivity index (χ3v) is 3.81. The fourth-order valence-electron chi connectivity index (χ4n) is 2.69. The summed E-state index contributed by atoms with van der Waals surface area (Å²) in [5, 5.41) is 5.37. The van der Waals surface area contributed by atoms with Crippen LogP contribution in [0, 0.1) is 0 Å². The summed E-state index contributed by atoms with van der Waals surface area (Å²) in [6.07, 6.45) is 0. The van der Waals surface area contributed by atoms with Gasteiger partial charge in [0.1, 0.15) is 19.0 Å². The van der Waals surface area contributed by atoms with E-state index in [9.17, 15) is 0 Å². The average Bonchev–Trinajstić information content (AvgIpc) is 2.74. The van der Waals surface area contributed by atoms with Gasteiger partial charge < -0.3 is 4.42 Å². The second-order valence-electron chi connectivity index (χ2n) is 4.90. The highest BCUT2D eigenvalue weighted by molar-refractivity contribution is 6.42. The molecule has 1 nitrogen and oxygen atoms in total. The fourth-order valence-corrected chi connectivity index (χ4v) is 2.96. The van der Waals surface area contributed by atoms with Crippen LogP contribution in [-0.2, 0) is 0 Å². The molecule has 0 fully saturated rings. The summed E-state index contributed by atoms with van der Waals surface area (Å²) in [7, 11) is 2.02. The Hall–Kier alpha value is -1.93. The topological polar surface area (TPSA) is 13.1 Å². The molecule has 90 valence electrons. The molecular weight excluding hydrogens is 254 g/mol. The largest absolute Gasteiger partial charge is 0.457 e. The zero-order chi connectivity index (χ0) is 13.0. The molecule has 0 atom stereocenters. The molecule has 4 aromatic rings. The standard InChI is InChI=1S/C16H10BClO/c17-14-8-11(18)7-13-12-5-9-3-1-2-4-10(9)6-15(12)19-16(13)14/h1-8H,17H2. The molecule has 0 spiro atoms. The summed E-state index contributed by atoms with van der Waals surface area (Å²) in [6, 6.07) is 16.5. The molecule has 0 aliphatic carbocycles. The number of hydrogen-bond donors (Lipinski definition) is 0. The molecule has 19 heavy (non-hydrogen) atoms. The van der Waals surface area contributed by atoms with Crippen molar-refractivity contribution in [3.05, 3.63) is 53.6 Å². The summed E-state index contributed by atoms with van der Waals surface area (Å²) in [5.41, 5.74) is 2.91. The Bertz CT molecular complexity index is 940. The lowest BCUT2D eigenvalue weighted by atomic mass is 9.94. The molecule has 0 amide bonds. The van der Waals surface area contributed by atoms with Gasteiger partial charge in [-0.25, -0.2) is 0 Å². The minimum atomic E-state index is 0.751. The van der Waals surface area contributed by atoms with Crippen molar-refractivity contribution in [2.45, 2.75) is 0 Å². The van der Waals surface area contributed by atoms with Crippen molar-refractivity contribution in [3.63, 3.8) is 0 Å². The third-order valence-electron chi connectivity index (χ3n) is 3.59. The monoisotopic (exact) mass is 264 g/mol. The van der Waals surface area contributed by atoms with Gasteiger partial charge in [-0.2, -0.15) is 0 Å². The van der Waals surface area contributed by atoms with Crippen molar-refractivity contribution in [1.82, 2.24) is 0 Å². The number of halogens is 1. The van der Waals surface area contributed by atoms with Gasteiger partial charge in [0.25, 0.3) is 0 Å². The fraction of sp³-hybridized carbons (Fsp3) is 0. The Morgan fingerprint density at radius 2 is 1.63 bits per heavy atom. The molecule has 0 unspecified atom stereocenters. The Labute approximate surface area is 116 Å². The minimum Gasteiger partial charge on any atom is -0.457 e. The Morgan fingerprint density at radius 1 is 0.895 bits per heavy atom. The van der Waals surface area contributed by atoms with E-state index in [1.54, 1.807) is 0 Å². The van der Waals surface area contributed by atoms with Crippen molar-refractivity contribution in [2.24, 2.45) is 0 Å². The first-order valence-electron chi connectivity index (χ1n) is 6.23. The van der Waals surface area contributed by atoms with E-state index in [1.807, 2.05) is 26.0 Å². The lowest BCUT2D eigenvalue weighted by Crippen LogP contribution is -2.01. The first-order valence-corrected chi connectivity index (χ1v) is 6.61. The third kappa shape index (κ3) is 1.57. The van der Waals surface area contributed by atoms with Crippen LogP contribution in [0.15, 0.2) is 52.9 Å². The molecule has 0 aliphatic rings. The molecule has 0 saturated carbocycles. The number of furan rings is 1. The Balaban J connectivity index is 2.26. The van der Waals surface area contributed by atoms with E-state index in [1.165, 1.54) is 10.8 Å². The maximum absolute atomic E-state index is 6.16. The first-order chi connectivity index (χ1) is 9.22. The molecule has 3 aromatic carbocycles. The highest BCUT2D eigenvalue weighted by atomic mass is 35.5. The van der Waals surface area contributed by atoms with Gasteiger partial charge in [0, 0.05) is 15.8 Å². The lowest BCUT2D eigenvalue weighted by molar-refractivity contribution is 0.672. The Kier molecular flexibility index (Phi) is 2.18. The maximum atomic E-state index is 6.16. The van der Waals surface area contributed by atoms with Crippen LogP contribution in [0.2, 0.25) is 5.02 Å². The molecule has 1 heterocycles. The van der Waals surface area contributed by atoms with E-state index < -0.39 is 0 Å². The number of rotatable bonds is 0. The molecule has 0 saturated heterocycles. The molecular formula is C16H10BClO. The van der Waals surface area contributed by atoms with E-state index in [4.69, 9.17) is 16.0 Å². The van der Waals surface area contributed by atoms with E-state index in [2.05, 4.69) is 30.3 Å². The van der Waals surface area contributed by atoms with Gasteiger partial charge in [-0.05, 0) is 40.5 Å². The molecule has 0 radical (unpaired) electrons. The molecule has 3 heteroatoms. The van der Waals surface area contributed by atoms with Crippen LogP contribution in [-0.4, -0.2) is 7.85 Å². The van der Waals surface area contributed by atoms with E-state index in [0.29, 0.717) is 0 Å². The van der Waals surface area contributed by atoms with Gasteiger partial charge in [0.2, 0.25) is 0 Å². The van der Waals surface area contributed by atoms with Crippen molar-refractivity contribution >= 4 is 57.6 Å². The molecule has 1 aromatic heterocycles. The summed E-state index contributed by atoms with van der Waals surface area (Å²) in [6.45, 7) is 0. The molecule has 0 N–H and O–H groups in total. The van der Waals surface area contributed by atoms with Gasteiger partial charge >= 0.3 is 0 Å². The Morgan fingerprint density at radius 3 is 2.42 bits per heavy atom. The quantitative estimate of drug-likeness (QED) is 0.442. The summed E-state index contributed by atoms with van der Waals surface area (Å²) >= 11 is 6.16. The zero-order valence-corrected chi connectivity index (χ0v) is 11.2. The zero-order valence-electron chi connectivity index (χ0n) is 10.4. The lowest BCUT2D eigenvalue weighted by Gasteiger charge is -1.97. The van der Waals surface area contributed by atoms with Gasteiger partial charge in [0.05, 0.1) is 0 Å². The van der Waals surface area contributed by atoms with Crippen LogP contribution in [0.5, 0.6) is 0 Å². The smallest absolute Gasteiger partial charge is 0.144 e. The number of hydrogen-bond acceptors (Lipinski definition) is 1. The van der Waals surface area contributed by atoms with Crippen LogP contribution in [0.25, 0.3) is 32.7 Å². The normalized spacial score (nSPS) is 11.6. The van der Waals surface area contributed by atoms with Gasteiger partial charge in [-0.1, -0.05) is 35.9 Å². The second kappa shape index (κ2) is 3.78. The van der Waals surface area contributed by atoms with Gasteiger partial charge in [0.15, 0.2) is 0 Å². The minimum absolute atomic E-state index is 0.751. The van der Waals surface area contributed by atoms with E-state index in [-0.39, 0.29) is 0 Å². The van der Waals surface area contributed by atoms with Crippen LogP contribution in [0.1, 0.15) is 0 Å². The predicted molar refractivity (Wildman–Crippen MR) is 84.4 cm³/mol. The van der Waals surface area contributed by atoms with E-state index in [0.717, 1.165) is 32.4 Å². The summed E-state index contributed by atoms with van der Waals surface area (Å²) in [5.74, 6) is 0. The van der Waals surface area contributed by atoms with Crippen molar-refractivity contribution in [1.29, 1.82) is 0 Å². The highest BCUT2D eigenvalue weighted by Crippen LogP contribution is 2.32. The van der Waals surface area contributed by atoms with Crippen molar-refractivity contribution in [3.8, 4) is 0 Å². The van der Waals surface area contributed by atoms with Crippen LogP contribution < -0.4 is 5.46 Å². The predicted octanol–water partition coefficient (Wildman–Crippen LogP) is 3.65. The number of fused-ring (bicyclic) bond motifs is 4. The summed E-state index contributed by atoms with van der Waals surface area (Å²) < 4.78 is 5.99. The molecule has 0 aliphatic heterocycles. The second-order valence-corrected chi connectivity index (χ2v) is 5.33. The maximum Gasteiger partial charge on any atom is 0.144 e. The van der Waals surface area contributed by atoms with Crippen LogP contribution in [0.4, 0.5) is 0 Å². The van der Waals surface area contributed by atoms with Crippen molar-refractivity contribution in [2.75, 3.05) is 0 Å². The van der Waals surface area contributed by atoms with Crippen LogP contribution in [0.3, 0.4) is 0 Å². The van der Waals surface area contributed by atoms with Gasteiger partial charge in [-0.15, -0.1) is 0 Å². The molecule has 0 bridgehead atoms. The van der Waals surface area contributed by atoms with E-state index >= 15 is 0 Å². The van der Waals surface area contributed by atoms with Crippen LogP contribution >= 0.6 is 11.6 Å². The SMILES string of the molecule is Bc1cc(Cl)cc2c1oc1cc3ccccc3cc12. The van der Waals surface area contributed by atoms with Crippen molar-refractivity contribution < 1.29 is 4.42 Å². The number of benzene rings is 3. The first kappa shape index (κ1) is 10.9. The van der Waals surface area contributed by atoms with Gasteiger partial charge in [-0.3, -0.25) is 0 Å². The average molecular weight is 265 g/mol. The highest BCUT2D eigenvalue weighted by Gasteiger charge is 2.10. The summed E-state index contributed by atoms with van der Waals surface area (Å²) in [4.78, 5) is 0.